The van der Waals surface area contributed by atoms with Gasteiger partial charge in [0, 0.05) is 25.7 Å². The van der Waals surface area contributed by atoms with Crippen LogP contribution in [0.25, 0.3) is 11.2 Å². The van der Waals surface area contributed by atoms with E-state index >= 15 is 0 Å². The molecule has 37 heavy (non-hydrogen) atoms. The molecule has 0 saturated carbocycles. The van der Waals surface area contributed by atoms with E-state index in [0.29, 0.717) is 22.5 Å². The van der Waals surface area contributed by atoms with E-state index in [1.54, 1.807) is 48.3 Å². The minimum Gasteiger partial charge on any atom is -0.488 e. The van der Waals surface area contributed by atoms with Crippen molar-refractivity contribution in [2.24, 2.45) is 7.05 Å². The Balaban J connectivity index is 1.53. The third-order valence-corrected chi connectivity index (χ3v) is 8.47. The largest absolute Gasteiger partial charge is 0.488 e. The van der Waals surface area contributed by atoms with E-state index in [0.717, 1.165) is 16.7 Å². The summed E-state index contributed by atoms with van der Waals surface area (Å²) < 4.78 is 36.0. The van der Waals surface area contributed by atoms with E-state index in [-0.39, 0.29) is 30.5 Å². The fourth-order valence-electron chi connectivity index (χ4n) is 4.69. The van der Waals surface area contributed by atoms with Crippen LogP contribution in [0.5, 0.6) is 5.75 Å². The molecule has 4 aromatic rings. The quantitative estimate of drug-likeness (QED) is 0.410. The number of fused-ring (bicyclic) bond motifs is 2. The lowest BCUT2D eigenvalue weighted by Gasteiger charge is -2.23. The molecule has 0 aliphatic carbocycles. The van der Waals surface area contributed by atoms with Gasteiger partial charge >= 0.3 is 5.97 Å². The maximum atomic E-state index is 13.5. The zero-order valence-corrected chi connectivity index (χ0v) is 21.5. The normalized spacial score (nSPS) is 18.1. The highest BCUT2D eigenvalue weighted by atomic mass is 32.2. The standard InChI is InChI=1S/C26H27N5O5S/c1-16-8-9-18(21(12-25(32)33)19-11-22-26(27-13-19)30(3)29-28-22)10-20(16)15-31-14-17(2)36-23-6-4-5-7-24(23)37(31,34)35/h4-11,13,17,21H,12,14-15H2,1-3H3,(H,32,33)/t17-,21?/m1/s1. The van der Waals surface area contributed by atoms with E-state index < -0.39 is 21.9 Å². The number of para-hydroxylation sites is 1. The molecule has 2 atom stereocenters. The molecule has 1 aliphatic heterocycles. The van der Waals surface area contributed by atoms with Crippen molar-refractivity contribution in [1.29, 1.82) is 0 Å². The summed E-state index contributed by atoms with van der Waals surface area (Å²) in [6.45, 7) is 4.07. The Bertz CT molecular complexity index is 1600. The number of sulfonamides is 1. The SMILES string of the molecule is Cc1ccc(C(CC(=O)O)c2cnc3c(c2)nnn3C)cc1CN1C[C@@H](C)Oc2ccccc2S1(=O)=O. The van der Waals surface area contributed by atoms with Crippen LogP contribution in [-0.2, 0) is 28.4 Å². The van der Waals surface area contributed by atoms with Gasteiger partial charge < -0.3 is 9.84 Å². The zero-order valence-electron chi connectivity index (χ0n) is 20.7. The molecule has 0 fully saturated rings. The Morgan fingerprint density at radius 1 is 1.19 bits per heavy atom. The van der Waals surface area contributed by atoms with Gasteiger partial charge in [-0.1, -0.05) is 35.5 Å². The topological polar surface area (TPSA) is 128 Å². The zero-order chi connectivity index (χ0) is 26.3. The van der Waals surface area contributed by atoms with E-state index in [4.69, 9.17) is 4.74 Å². The second-order valence-electron chi connectivity index (χ2n) is 9.33. The van der Waals surface area contributed by atoms with Crippen LogP contribution in [0.2, 0.25) is 0 Å². The third-order valence-electron chi connectivity index (χ3n) is 6.62. The molecule has 2 aromatic heterocycles. The molecule has 11 heteroatoms. The summed E-state index contributed by atoms with van der Waals surface area (Å²) in [5, 5.41) is 17.8. The molecule has 0 radical (unpaired) electrons. The molecule has 1 N–H and O–H groups in total. The number of pyridine rings is 1. The molecule has 0 bridgehead atoms. The van der Waals surface area contributed by atoms with Crippen LogP contribution in [0.15, 0.2) is 59.6 Å². The van der Waals surface area contributed by atoms with Crippen molar-refractivity contribution >= 4 is 27.2 Å². The molecule has 0 saturated heterocycles. The minimum absolute atomic E-state index is 0.130. The molecule has 10 nitrogen and oxygen atoms in total. The number of hydrogen-bond donors (Lipinski definition) is 1. The van der Waals surface area contributed by atoms with Gasteiger partial charge in [0.25, 0.3) is 0 Å². The molecule has 0 amide bonds. The Kier molecular flexibility index (Phi) is 6.42. The fourth-order valence-corrected chi connectivity index (χ4v) is 6.31. The fraction of sp³-hybridized carbons (Fsp3) is 0.308. The number of rotatable bonds is 6. The molecule has 3 heterocycles. The highest BCUT2D eigenvalue weighted by molar-refractivity contribution is 7.89. The lowest BCUT2D eigenvalue weighted by molar-refractivity contribution is -0.137. The first-order chi connectivity index (χ1) is 17.6. The van der Waals surface area contributed by atoms with E-state index in [9.17, 15) is 18.3 Å². The lowest BCUT2D eigenvalue weighted by Crippen LogP contribution is -2.35. The van der Waals surface area contributed by atoms with Crippen molar-refractivity contribution in [1.82, 2.24) is 24.3 Å². The van der Waals surface area contributed by atoms with Gasteiger partial charge in [-0.25, -0.2) is 18.1 Å². The smallest absolute Gasteiger partial charge is 0.304 e. The summed E-state index contributed by atoms with van der Waals surface area (Å²) in [4.78, 5) is 16.4. The average molecular weight is 522 g/mol. The Labute approximate surface area is 214 Å². The van der Waals surface area contributed by atoms with E-state index in [1.807, 2.05) is 32.0 Å². The summed E-state index contributed by atoms with van der Waals surface area (Å²) in [5.41, 5.74) is 4.32. The predicted molar refractivity (Wildman–Crippen MR) is 136 cm³/mol. The monoisotopic (exact) mass is 521 g/mol. The second-order valence-corrected chi connectivity index (χ2v) is 11.2. The van der Waals surface area contributed by atoms with Crippen LogP contribution in [0.3, 0.4) is 0 Å². The summed E-state index contributed by atoms with van der Waals surface area (Å²) >= 11 is 0. The second kappa shape index (κ2) is 9.56. The number of carbonyl (C=O) groups is 1. The number of ether oxygens (including phenoxy) is 1. The average Bonchev–Trinajstić information content (AvgIpc) is 3.19. The van der Waals surface area contributed by atoms with Crippen molar-refractivity contribution in [3.63, 3.8) is 0 Å². The van der Waals surface area contributed by atoms with Crippen molar-refractivity contribution < 1.29 is 23.1 Å². The van der Waals surface area contributed by atoms with Crippen LogP contribution in [0, 0.1) is 6.92 Å². The van der Waals surface area contributed by atoms with Crippen LogP contribution in [0.1, 0.15) is 41.5 Å². The van der Waals surface area contributed by atoms with Crippen LogP contribution < -0.4 is 4.74 Å². The summed E-state index contributed by atoms with van der Waals surface area (Å²) in [7, 11) is -2.07. The number of aryl methyl sites for hydroxylation is 2. The van der Waals surface area contributed by atoms with E-state index in [1.165, 1.54) is 4.31 Å². The number of carboxylic acid groups (broad SMARTS) is 1. The first-order valence-corrected chi connectivity index (χ1v) is 13.3. The van der Waals surface area contributed by atoms with Gasteiger partial charge in [-0.05, 0) is 54.3 Å². The lowest BCUT2D eigenvalue weighted by atomic mass is 9.87. The maximum Gasteiger partial charge on any atom is 0.304 e. The third kappa shape index (κ3) is 4.79. The van der Waals surface area contributed by atoms with Gasteiger partial charge in [0.15, 0.2) is 5.65 Å². The number of nitrogens with zero attached hydrogens (tertiary/aromatic N) is 5. The number of aliphatic carboxylic acids is 1. The van der Waals surface area contributed by atoms with Crippen LogP contribution >= 0.6 is 0 Å². The molecule has 0 spiro atoms. The highest BCUT2D eigenvalue weighted by Crippen LogP contribution is 2.34. The predicted octanol–water partition coefficient (Wildman–Crippen LogP) is 3.25. The first kappa shape index (κ1) is 24.8. The van der Waals surface area contributed by atoms with Crippen molar-refractivity contribution in [2.75, 3.05) is 6.54 Å². The van der Waals surface area contributed by atoms with Gasteiger partial charge in [-0.3, -0.25) is 4.79 Å². The Morgan fingerprint density at radius 3 is 2.76 bits per heavy atom. The molecule has 5 rings (SSSR count). The maximum absolute atomic E-state index is 13.5. The minimum atomic E-state index is -3.81. The van der Waals surface area contributed by atoms with Crippen molar-refractivity contribution in [2.45, 2.75) is 43.7 Å². The molecule has 2 aromatic carbocycles. The number of benzene rings is 2. The molecule has 192 valence electrons. The number of carboxylic acids is 1. The first-order valence-electron chi connectivity index (χ1n) is 11.9. The van der Waals surface area contributed by atoms with Gasteiger partial charge in [0.05, 0.1) is 13.0 Å². The molecular weight excluding hydrogens is 494 g/mol. The van der Waals surface area contributed by atoms with E-state index in [2.05, 4.69) is 15.3 Å². The van der Waals surface area contributed by atoms with Crippen LogP contribution in [-0.4, -0.2) is 56.4 Å². The summed E-state index contributed by atoms with van der Waals surface area (Å²) in [6.07, 6.45) is 1.15. The van der Waals surface area contributed by atoms with Crippen molar-refractivity contribution in [3.05, 3.63) is 77.0 Å². The summed E-state index contributed by atoms with van der Waals surface area (Å²) in [6, 6.07) is 14.1. The van der Waals surface area contributed by atoms with Gasteiger partial charge in [0.2, 0.25) is 10.0 Å². The molecular formula is C26H27N5O5S. The number of hydrogen-bond acceptors (Lipinski definition) is 7. The van der Waals surface area contributed by atoms with Gasteiger partial charge in [0.1, 0.15) is 22.3 Å². The Morgan fingerprint density at radius 2 is 1.97 bits per heavy atom. The molecule has 1 aliphatic rings. The summed E-state index contributed by atoms with van der Waals surface area (Å²) in [5.74, 6) is -1.11. The van der Waals surface area contributed by atoms with Gasteiger partial charge in [-0.2, -0.15) is 4.31 Å². The number of aromatic nitrogens is 4. The highest BCUT2D eigenvalue weighted by Gasteiger charge is 2.33. The Hall–Kier alpha value is -3.83. The van der Waals surface area contributed by atoms with Crippen molar-refractivity contribution in [3.8, 4) is 5.75 Å². The van der Waals surface area contributed by atoms with Gasteiger partial charge in [-0.15, -0.1) is 5.10 Å². The van der Waals surface area contributed by atoms with Crippen LogP contribution in [0.4, 0.5) is 0 Å². The molecule has 1 unspecified atom stereocenters.